The maximum atomic E-state index is 6.04. The molecule has 0 saturated carbocycles. The van der Waals surface area contributed by atoms with Gasteiger partial charge in [-0.2, -0.15) is 0 Å². The molecule has 0 atom stereocenters. The average Bonchev–Trinajstić information content (AvgIpc) is 2.95. The third-order valence-electron chi connectivity index (χ3n) is 4.26. The standard InChI is InChI=1S/C21H16Cl2N2/c1-14-2-11-20-19(12-14)24-21(16-5-9-18(23)10-6-16)25(20)13-15-3-7-17(22)8-4-15/h2-12H,13H2,1H3. The number of rotatable bonds is 3. The molecule has 0 fully saturated rings. The highest BCUT2D eigenvalue weighted by molar-refractivity contribution is 6.30. The zero-order chi connectivity index (χ0) is 17.4. The zero-order valence-corrected chi connectivity index (χ0v) is 15.2. The van der Waals surface area contributed by atoms with Crippen molar-refractivity contribution in [1.29, 1.82) is 0 Å². The lowest BCUT2D eigenvalue weighted by atomic mass is 10.2. The Balaban J connectivity index is 1.88. The Morgan fingerprint density at radius 1 is 0.840 bits per heavy atom. The molecule has 0 aliphatic heterocycles. The number of hydrogen-bond acceptors (Lipinski definition) is 1. The minimum Gasteiger partial charge on any atom is -0.319 e. The summed E-state index contributed by atoms with van der Waals surface area (Å²) in [5.74, 6) is 0.937. The first kappa shape index (κ1) is 16.2. The molecule has 0 spiro atoms. The molecule has 1 aromatic heterocycles. The zero-order valence-electron chi connectivity index (χ0n) is 13.7. The number of aryl methyl sites for hydroxylation is 1. The van der Waals surface area contributed by atoms with Crippen LogP contribution in [0.4, 0.5) is 0 Å². The molecule has 25 heavy (non-hydrogen) atoms. The van der Waals surface area contributed by atoms with Gasteiger partial charge in [-0.3, -0.25) is 0 Å². The van der Waals surface area contributed by atoms with Gasteiger partial charge in [-0.1, -0.05) is 41.4 Å². The number of hydrogen-bond donors (Lipinski definition) is 0. The normalized spacial score (nSPS) is 11.2. The summed E-state index contributed by atoms with van der Waals surface area (Å²) in [7, 11) is 0. The number of aromatic nitrogens is 2. The summed E-state index contributed by atoms with van der Waals surface area (Å²) in [6, 6.07) is 22.1. The lowest BCUT2D eigenvalue weighted by molar-refractivity contribution is 0.834. The SMILES string of the molecule is Cc1ccc2c(c1)nc(-c1ccc(Cl)cc1)n2Cc1ccc(Cl)cc1. The summed E-state index contributed by atoms with van der Waals surface area (Å²) in [5, 5.41) is 1.47. The molecular formula is C21H16Cl2N2. The van der Waals surface area contributed by atoms with Crippen molar-refractivity contribution >= 4 is 34.2 Å². The van der Waals surface area contributed by atoms with Crippen LogP contribution in [-0.2, 0) is 6.54 Å². The smallest absolute Gasteiger partial charge is 0.141 e. The number of imidazole rings is 1. The van der Waals surface area contributed by atoms with Crippen LogP contribution < -0.4 is 0 Å². The van der Waals surface area contributed by atoms with E-state index >= 15 is 0 Å². The van der Waals surface area contributed by atoms with E-state index in [0.29, 0.717) is 0 Å². The van der Waals surface area contributed by atoms with Gasteiger partial charge in [-0.15, -0.1) is 0 Å². The fraction of sp³-hybridized carbons (Fsp3) is 0.0952. The second-order valence-electron chi connectivity index (χ2n) is 6.15. The topological polar surface area (TPSA) is 17.8 Å². The van der Waals surface area contributed by atoms with Gasteiger partial charge in [-0.05, 0) is 66.6 Å². The molecule has 124 valence electrons. The second-order valence-corrected chi connectivity index (χ2v) is 7.02. The molecule has 0 N–H and O–H groups in total. The number of halogens is 2. The summed E-state index contributed by atoms with van der Waals surface area (Å²) in [6.07, 6.45) is 0. The Kier molecular flexibility index (Phi) is 4.24. The van der Waals surface area contributed by atoms with E-state index in [1.54, 1.807) is 0 Å². The highest BCUT2D eigenvalue weighted by Gasteiger charge is 2.13. The molecule has 3 aromatic carbocycles. The Morgan fingerprint density at radius 2 is 1.48 bits per heavy atom. The van der Waals surface area contributed by atoms with Crippen molar-refractivity contribution in [2.24, 2.45) is 0 Å². The highest BCUT2D eigenvalue weighted by Crippen LogP contribution is 2.27. The quantitative estimate of drug-likeness (QED) is 0.412. The van der Waals surface area contributed by atoms with Gasteiger partial charge >= 0.3 is 0 Å². The van der Waals surface area contributed by atoms with Crippen LogP contribution in [0.15, 0.2) is 66.7 Å². The molecule has 1 heterocycles. The predicted octanol–water partition coefficient (Wildman–Crippen LogP) is 6.37. The number of nitrogens with zero attached hydrogens (tertiary/aromatic N) is 2. The summed E-state index contributed by atoms with van der Waals surface area (Å²) < 4.78 is 2.24. The number of benzene rings is 3. The third kappa shape index (κ3) is 3.28. The van der Waals surface area contributed by atoms with Crippen molar-refractivity contribution in [2.45, 2.75) is 13.5 Å². The summed E-state index contributed by atoms with van der Waals surface area (Å²) in [4.78, 5) is 4.88. The van der Waals surface area contributed by atoms with Crippen LogP contribution in [0, 0.1) is 6.92 Å². The van der Waals surface area contributed by atoms with E-state index in [0.717, 1.165) is 39.0 Å². The predicted molar refractivity (Wildman–Crippen MR) is 105 cm³/mol. The first-order valence-electron chi connectivity index (χ1n) is 8.07. The lowest BCUT2D eigenvalue weighted by Gasteiger charge is -2.10. The second kappa shape index (κ2) is 6.55. The van der Waals surface area contributed by atoms with Gasteiger partial charge in [0.1, 0.15) is 5.82 Å². The molecule has 0 bridgehead atoms. The van der Waals surface area contributed by atoms with Gasteiger partial charge in [0.15, 0.2) is 0 Å². The fourth-order valence-electron chi connectivity index (χ4n) is 2.99. The Morgan fingerprint density at radius 3 is 2.16 bits per heavy atom. The molecular weight excluding hydrogens is 351 g/mol. The van der Waals surface area contributed by atoms with Crippen LogP contribution in [0.2, 0.25) is 10.0 Å². The van der Waals surface area contributed by atoms with E-state index < -0.39 is 0 Å². The van der Waals surface area contributed by atoms with Gasteiger partial charge in [-0.25, -0.2) is 4.98 Å². The molecule has 0 amide bonds. The van der Waals surface area contributed by atoms with Crippen molar-refractivity contribution in [2.75, 3.05) is 0 Å². The fourth-order valence-corrected chi connectivity index (χ4v) is 3.24. The van der Waals surface area contributed by atoms with Gasteiger partial charge in [0.05, 0.1) is 11.0 Å². The molecule has 2 nitrogen and oxygen atoms in total. The molecule has 4 heteroatoms. The average molecular weight is 367 g/mol. The van der Waals surface area contributed by atoms with E-state index in [1.807, 2.05) is 48.5 Å². The molecule has 0 aliphatic rings. The Hall–Kier alpha value is -2.29. The molecule has 0 saturated heterocycles. The molecule has 0 unspecified atom stereocenters. The van der Waals surface area contributed by atoms with Gasteiger partial charge in [0.25, 0.3) is 0 Å². The van der Waals surface area contributed by atoms with Crippen LogP contribution >= 0.6 is 23.2 Å². The van der Waals surface area contributed by atoms with Crippen LogP contribution in [0.3, 0.4) is 0 Å². The summed E-state index contributed by atoms with van der Waals surface area (Å²) in [6.45, 7) is 2.81. The van der Waals surface area contributed by atoms with Crippen LogP contribution in [0.5, 0.6) is 0 Å². The van der Waals surface area contributed by atoms with E-state index in [1.165, 1.54) is 11.1 Å². The van der Waals surface area contributed by atoms with Gasteiger partial charge in [0, 0.05) is 22.2 Å². The van der Waals surface area contributed by atoms with Gasteiger partial charge < -0.3 is 4.57 Å². The maximum Gasteiger partial charge on any atom is 0.141 e. The third-order valence-corrected chi connectivity index (χ3v) is 4.76. The van der Waals surface area contributed by atoms with Gasteiger partial charge in [0.2, 0.25) is 0 Å². The summed E-state index contributed by atoms with van der Waals surface area (Å²) >= 11 is 12.1. The minimum atomic E-state index is 0.722. The largest absolute Gasteiger partial charge is 0.319 e. The van der Waals surface area contributed by atoms with E-state index in [2.05, 4.69) is 29.7 Å². The lowest BCUT2D eigenvalue weighted by Crippen LogP contribution is -2.02. The van der Waals surface area contributed by atoms with Crippen LogP contribution in [0.1, 0.15) is 11.1 Å². The van der Waals surface area contributed by atoms with E-state index in [9.17, 15) is 0 Å². The van der Waals surface area contributed by atoms with E-state index in [-0.39, 0.29) is 0 Å². The first-order chi connectivity index (χ1) is 12.1. The van der Waals surface area contributed by atoms with Crippen molar-refractivity contribution in [1.82, 2.24) is 9.55 Å². The molecule has 4 rings (SSSR count). The first-order valence-corrected chi connectivity index (χ1v) is 8.83. The van der Waals surface area contributed by atoms with Crippen molar-refractivity contribution in [3.8, 4) is 11.4 Å². The van der Waals surface area contributed by atoms with E-state index in [4.69, 9.17) is 28.2 Å². The number of fused-ring (bicyclic) bond motifs is 1. The molecule has 4 aromatic rings. The van der Waals surface area contributed by atoms with Crippen molar-refractivity contribution < 1.29 is 0 Å². The maximum absolute atomic E-state index is 6.04. The Bertz CT molecular complexity index is 1030. The highest BCUT2D eigenvalue weighted by atomic mass is 35.5. The van der Waals surface area contributed by atoms with Crippen molar-refractivity contribution in [3.63, 3.8) is 0 Å². The molecule has 0 aliphatic carbocycles. The summed E-state index contributed by atoms with van der Waals surface area (Å²) in [5.41, 5.74) is 5.54. The minimum absolute atomic E-state index is 0.722. The molecule has 0 radical (unpaired) electrons. The van der Waals surface area contributed by atoms with Crippen LogP contribution in [0.25, 0.3) is 22.4 Å². The van der Waals surface area contributed by atoms with Crippen LogP contribution in [-0.4, -0.2) is 9.55 Å². The van der Waals surface area contributed by atoms with Crippen molar-refractivity contribution in [3.05, 3.63) is 87.9 Å². The Labute approximate surface area is 156 Å². The monoisotopic (exact) mass is 366 g/mol.